The number of halogens is 1. The Hall–Kier alpha value is -3.66. The highest BCUT2D eigenvalue weighted by molar-refractivity contribution is 7.99. The zero-order chi connectivity index (χ0) is 22.6. The molecule has 0 bridgehead atoms. The summed E-state index contributed by atoms with van der Waals surface area (Å²) in [5, 5.41) is 3.17. The molecule has 0 amide bonds. The molecule has 2 heterocycles. The second-order valence-electron chi connectivity index (χ2n) is 8.41. The minimum atomic E-state index is 0.739. The maximum Gasteiger partial charge on any atom is 0.0601 e. The van der Waals surface area contributed by atoms with Crippen molar-refractivity contribution < 1.29 is 0 Å². The first-order chi connectivity index (χ1) is 16.8. The van der Waals surface area contributed by atoms with Gasteiger partial charge in [0.15, 0.2) is 0 Å². The van der Waals surface area contributed by atoms with Crippen LogP contribution >= 0.6 is 23.4 Å². The van der Waals surface area contributed by atoms with Crippen LogP contribution in [0, 0.1) is 0 Å². The highest BCUT2D eigenvalue weighted by atomic mass is 35.5. The van der Waals surface area contributed by atoms with E-state index in [1.807, 2.05) is 17.8 Å². The number of hydrogen-bond donors (Lipinski definition) is 0. The van der Waals surface area contributed by atoms with Crippen LogP contribution in [0.15, 0.2) is 125 Å². The second-order valence-corrected chi connectivity index (χ2v) is 9.93. The van der Waals surface area contributed by atoms with Gasteiger partial charge in [-0.3, -0.25) is 0 Å². The van der Waals surface area contributed by atoms with Crippen LogP contribution in [0.4, 0.5) is 17.1 Å². The summed E-state index contributed by atoms with van der Waals surface area (Å²) >= 11 is 8.27. The van der Waals surface area contributed by atoms with Crippen LogP contribution in [-0.4, -0.2) is 4.57 Å². The topological polar surface area (TPSA) is 8.17 Å². The molecule has 5 aromatic carbocycles. The Kier molecular flexibility index (Phi) is 4.48. The molecule has 34 heavy (non-hydrogen) atoms. The van der Waals surface area contributed by atoms with Gasteiger partial charge in [0.05, 0.1) is 22.4 Å². The summed E-state index contributed by atoms with van der Waals surface area (Å²) in [5.41, 5.74) is 6.93. The first-order valence-corrected chi connectivity index (χ1v) is 12.4. The fourth-order valence-corrected chi connectivity index (χ4v) is 6.20. The molecule has 4 heteroatoms. The molecule has 6 aromatic rings. The van der Waals surface area contributed by atoms with Crippen molar-refractivity contribution in [3.63, 3.8) is 0 Å². The highest BCUT2D eigenvalue weighted by Gasteiger charge is 2.24. The number of anilines is 3. The molecule has 0 saturated heterocycles. The SMILES string of the molecule is Clc1ccc2c3ccccc3n(-c3cccc(N4c5ccccc5Sc5ccccc54)c3)c2c1. The van der Waals surface area contributed by atoms with Crippen LogP contribution in [0.5, 0.6) is 0 Å². The average Bonchev–Trinajstić information content (AvgIpc) is 3.20. The van der Waals surface area contributed by atoms with E-state index in [1.54, 1.807) is 0 Å². The quantitative estimate of drug-likeness (QED) is 0.246. The fraction of sp³-hybridized carbons (Fsp3) is 0. The highest BCUT2D eigenvalue weighted by Crippen LogP contribution is 2.51. The molecule has 0 fully saturated rings. The Balaban J connectivity index is 1.49. The van der Waals surface area contributed by atoms with Gasteiger partial charge in [0.25, 0.3) is 0 Å². The van der Waals surface area contributed by atoms with Gasteiger partial charge < -0.3 is 9.47 Å². The number of para-hydroxylation sites is 3. The maximum atomic E-state index is 6.45. The molecule has 1 aliphatic heterocycles. The summed E-state index contributed by atoms with van der Waals surface area (Å²) in [6.45, 7) is 0. The Morgan fingerprint density at radius 1 is 0.529 bits per heavy atom. The lowest BCUT2D eigenvalue weighted by molar-refractivity contribution is 1.14. The van der Waals surface area contributed by atoms with Crippen LogP contribution in [0.25, 0.3) is 27.5 Å². The van der Waals surface area contributed by atoms with Crippen LogP contribution in [-0.2, 0) is 0 Å². The summed E-state index contributed by atoms with van der Waals surface area (Å²) in [5.74, 6) is 0. The number of nitrogens with zero attached hydrogens (tertiary/aromatic N) is 2. The minimum absolute atomic E-state index is 0.739. The lowest BCUT2D eigenvalue weighted by Crippen LogP contribution is -2.14. The predicted octanol–water partition coefficient (Wildman–Crippen LogP) is 9.37. The maximum absolute atomic E-state index is 6.45. The molecule has 0 radical (unpaired) electrons. The van der Waals surface area contributed by atoms with Gasteiger partial charge in [0.2, 0.25) is 0 Å². The van der Waals surface area contributed by atoms with E-state index in [1.165, 1.54) is 37.5 Å². The van der Waals surface area contributed by atoms with E-state index < -0.39 is 0 Å². The van der Waals surface area contributed by atoms with E-state index in [0.717, 1.165) is 21.9 Å². The lowest BCUT2D eigenvalue weighted by atomic mass is 10.1. The number of aromatic nitrogens is 1. The first-order valence-electron chi connectivity index (χ1n) is 11.2. The third-order valence-corrected chi connectivity index (χ3v) is 7.78. The number of hydrogen-bond acceptors (Lipinski definition) is 2. The molecule has 162 valence electrons. The smallest absolute Gasteiger partial charge is 0.0601 e. The Labute approximate surface area is 207 Å². The van der Waals surface area contributed by atoms with Crippen molar-refractivity contribution in [1.82, 2.24) is 4.57 Å². The predicted molar refractivity (Wildman–Crippen MR) is 145 cm³/mol. The molecular formula is C30H19ClN2S. The molecule has 0 spiro atoms. The third-order valence-electron chi connectivity index (χ3n) is 6.41. The fourth-order valence-electron chi connectivity index (χ4n) is 4.98. The van der Waals surface area contributed by atoms with Gasteiger partial charge >= 0.3 is 0 Å². The zero-order valence-electron chi connectivity index (χ0n) is 18.2. The van der Waals surface area contributed by atoms with E-state index in [2.05, 4.69) is 119 Å². The molecule has 1 aliphatic rings. The summed E-state index contributed by atoms with van der Waals surface area (Å²) < 4.78 is 2.32. The van der Waals surface area contributed by atoms with E-state index in [-0.39, 0.29) is 0 Å². The Morgan fingerprint density at radius 2 is 1.18 bits per heavy atom. The Morgan fingerprint density at radius 3 is 1.97 bits per heavy atom. The van der Waals surface area contributed by atoms with Crippen molar-refractivity contribution in [2.24, 2.45) is 0 Å². The summed E-state index contributed by atoms with van der Waals surface area (Å²) in [4.78, 5) is 4.89. The molecule has 1 aromatic heterocycles. The largest absolute Gasteiger partial charge is 0.309 e. The monoisotopic (exact) mass is 474 g/mol. The van der Waals surface area contributed by atoms with Gasteiger partial charge in [-0.2, -0.15) is 0 Å². The van der Waals surface area contributed by atoms with Gasteiger partial charge in [0, 0.05) is 37.0 Å². The van der Waals surface area contributed by atoms with Gasteiger partial charge in [-0.25, -0.2) is 0 Å². The average molecular weight is 475 g/mol. The van der Waals surface area contributed by atoms with E-state index in [9.17, 15) is 0 Å². The van der Waals surface area contributed by atoms with E-state index in [4.69, 9.17) is 11.6 Å². The van der Waals surface area contributed by atoms with Crippen LogP contribution in [0.2, 0.25) is 5.02 Å². The molecule has 0 aliphatic carbocycles. The number of benzene rings is 5. The van der Waals surface area contributed by atoms with Crippen LogP contribution < -0.4 is 4.90 Å². The van der Waals surface area contributed by atoms with E-state index in [0.29, 0.717) is 0 Å². The molecule has 0 saturated carbocycles. The minimum Gasteiger partial charge on any atom is -0.309 e. The molecule has 0 unspecified atom stereocenters. The van der Waals surface area contributed by atoms with Crippen LogP contribution in [0.3, 0.4) is 0 Å². The van der Waals surface area contributed by atoms with Crippen molar-refractivity contribution in [2.45, 2.75) is 9.79 Å². The van der Waals surface area contributed by atoms with Crippen molar-refractivity contribution in [3.8, 4) is 5.69 Å². The summed E-state index contributed by atoms with van der Waals surface area (Å²) in [6, 6.07) is 40.7. The molecule has 2 nitrogen and oxygen atoms in total. The normalized spacial score (nSPS) is 12.7. The van der Waals surface area contributed by atoms with Crippen molar-refractivity contribution in [2.75, 3.05) is 4.90 Å². The molecule has 7 rings (SSSR count). The van der Waals surface area contributed by atoms with Crippen molar-refractivity contribution in [3.05, 3.63) is 120 Å². The molecular weight excluding hydrogens is 456 g/mol. The summed E-state index contributed by atoms with van der Waals surface area (Å²) in [6.07, 6.45) is 0. The van der Waals surface area contributed by atoms with E-state index >= 15 is 0 Å². The van der Waals surface area contributed by atoms with Crippen molar-refractivity contribution >= 4 is 62.2 Å². The van der Waals surface area contributed by atoms with Gasteiger partial charge in [0.1, 0.15) is 0 Å². The zero-order valence-corrected chi connectivity index (χ0v) is 19.7. The third kappa shape index (κ3) is 2.98. The number of fused-ring (bicyclic) bond motifs is 5. The molecule has 0 N–H and O–H groups in total. The second kappa shape index (κ2) is 7.69. The van der Waals surface area contributed by atoms with Crippen LogP contribution in [0.1, 0.15) is 0 Å². The molecule has 0 atom stereocenters. The number of rotatable bonds is 2. The first kappa shape index (κ1) is 19.8. The lowest BCUT2D eigenvalue weighted by Gasteiger charge is -2.33. The van der Waals surface area contributed by atoms with Crippen molar-refractivity contribution in [1.29, 1.82) is 0 Å². The Bertz CT molecular complexity index is 1670. The summed E-state index contributed by atoms with van der Waals surface area (Å²) in [7, 11) is 0. The standard InChI is InChI=1S/C30H19ClN2S/c31-20-16-17-24-23-10-1-2-11-25(23)32(28(24)18-20)21-8-7-9-22(19-21)33-26-12-3-5-14-29(26)34-30-15-6-4-13-27(30)33/h1-19H. The van der Waals surface area contributed by atoms with Gasteiger partial charge in [-0.1, -0.05) is 78.0 Å². The van der Waals surface area contributed by atoms with Gasteiger partial charge in [-0.15, -0.1) is 0 Å². The van der Waals surface area contributed by atoms with Gasteiger partial charge in [-0.05, 0) is 60.7 Å².